The molecule has 0 aromatic carbocycles. The average molecular weight is 263 g/mol. The lowest BCUT2D eigenvalue weighted by molar-refractivity contribution is 0.297. The van der Waals surface area contributed by atoms with Crippen molar-refractivity contribution < 1.29 is 8.42 Å². The summed E-state index contributed by atoms with van der Waals surface area (Å²) in [5, 5.41) is 3.35. The van der Waals surface area contributed by atoms with Crippen LogP contribution in [-0.2, 0) is 10.0 Å². The predicted molar refractivity (Wildman–Crippen MR) is 70.6 cm³/mol. The molecular weight excluding hydrogens is 238 g/mol. The summed E-state index contributed by atoms with van der Waals surface area (Å²) in [7, 11) is -1.61. The highest BCUT2D eigenvalue weighted by molar-refractivity contribution is 7.89. The molecule has 1 saturated heterocycles. The number of nitrogens with zero attached hydrogens (tertiary/aromatic N) is 1. The third-order valence-corrected chi connectivity index (χ3v) is 4.75. The van der Waals surface area contributed by atoms with E-state index in [0.717, 1.165) is 25.9 Å². The summed E-state index contributed by atoms with van der Waals surface area (Å²) < 4.78 is 24.8. The molecule has 0 saturated carbocycles. The van der Waals surface area contributed by atoms with Crippen molar-refractivity contribution in [2.45, 2.75) is 32.2 Å². The monoisotopic (exact) mass is 263 g/mol. The van der Waals surface area contributed by atoms with Gasteiger partial charge in [-0.3, -0.25) is 0 Å². The Morgan fingerprint density at radius 1 is 1.29 bits per heavy atom. The van der Waals surface area contributed by atoms with Crippen LogP contribution in [0.3, 0.4) is 0 Å². The van der Waals surface area contributed by atoms with Gasteiger partial charge in [-0.25, -0.2) is 13.1 Å². The molecule has 6 heteroatoms. The minimum absolute atomic E-state index is 0.164. The van der Waals surface area contributed by atoms with Gasteiger partial charge in [-0.1, -0.05) is 6.92 Å². The summed E-state index contributed by atoms with van der Waals surface area (Å²) in [6.45, 7) is 6.13. The van der Waals surface area contributed by atoms with E-state index in [1.54, 1.807) is 0 Å². The van der Waals surface area contributed by atoms with E-state index in [2.05, 4.69) is 21.9 Å². The Morgan fingerprint density at radius 3 is 2.71 bits per heavy atom. The van der Waals surface area contributed by atoms with Crippen LogP contribution in [0.25, 0.3) is 0 Å². The Labute approximate surface area is 105 Å². The van der Waals surface area contributed by atoms with Crippen molar-refractivity contribution in [3.63, 3.8) is 0 Å². The van der Waals surface area contributed by atoms with Crippen LogP contribution in [0.2, 0.25) is 0 Å². The van der Waals surface area contributed by atoms with E-state index < -0.39 is 10.0 Å². The van der Waals surface area contributed by atoms with E-state index in [9.17, 15) is 8.42 Å². The minimum atomic E-state index is -3.07. The fraction of sp³-hybridized carbons (Fsp3) is 1.00. The summed E-state index contributed by atoms with van der Waals surface area (Å²) in [5.41, 5.74) is 0. The second-order valence-electron chi connectivity index (χ2n) is 4.54. The first-order valence-electron chi connectivity index (χ1n) is 6.44. The molecule has 0 aromatic rings. The van der Waals surface area contributed by atoms with Gasteiger partial charge in [0.1, 0.15) is 0 Å². The smallest absolute Gasteiger partial charge is 0.212 e. The van der Waals surface area contributed by atoms with Crippen molar-refractivity contribution >= 4 is 10.0 Å². The second-order valence-corrected chi connectivity index (χ2v) is 6.59. The van der Waals surface area contributed by atoms with E-state index in [1.807, 2.05) is 0 Å². The van der Waals surface area contributed by atoms with Crippen LogP contribution in [0.1, 0.15) is 26.2 Å². The van der Waals surface area contributed by atoms with Crippen LogP contribution in [0.5, 0.6) is 0 Å². The molecule has 0 aromatic heterocycles. The van der Waals surface area contributed by atoms with E-state index in [4.69, 9.17) is 0 Å². The molecule has 1 aliphatic rings. The SMILES string of the molecule is CCN1CCCC(NCCS(=O)(=O)NC)CC1. The lowest BCUT2D eigenvalue weighted by atomic mass is 10.1. The quantitative estimate of drug-likeness (QED) is 0.708. The van der Waals surface area contributed by atoms with E-state index in [0.29, 0.717) is 12.6 Å². The molecule has 0 bridgehead atoms. The molecule has 17 heavy (non-hydrogen) atoms. The van der Waals surface area contributed by atoms with Gasteiger partial charge in [0.25, 0.3) is 0 Å². The van der Waals surface area contributed by atoms with Gasteiger partial charge in [0.15, 0.2) is 0 Å². The summed E-state index contributed by atoms with van der Waals surface area (Å²) >= 11 is 0. The van der Waals surface area contributed by atoms with Crippen LogP contribution >= 0.6 is 0 Å². The molecule has 0 radical (unpaired) electrons. The summed E-state index contributed by atoms with van der Waals surface area (Å²) in [5.74, 6) is 0.164. The lowest BCUT2D eigenvalue weighted by Gasteiger charge is -2.18. The molecule has 1 aliphatic heterocycles. The second kappa shape index (κ2) is 7.31. The Kier molecular flexibility index (Phi) is 6.40. The van der Waals surface area contributed by atoms with Crippen LogP contribution in [-0.4, -0.2) is 58.3 Å². The predicted octanol–water partition coefficient (Wildman–Crippen LogP) is -0.000400. The van der Waals surface area contributed by atoms with Crippen LogP contribution in [0.15, 0.2) is 0 Å². The highest BCUT2D eigenvalue weighted by Crippen LogP contribution is 2.10. The molecule has 1 atom stereocenters. The van der Waals surface area contributed by atoms with Crippen molar-refractivity contribution in [3.05, 3.63) is 0 Å². The van der Waals surface area contributed by atoms with E-state index in [-0.39, 0.29) is 5.75 Å². The van der Waals surface area contributed by atoms with Gasteiger partial charge in [0, 0.05) is 12.6 Å². The zero-order valence-electron chi connectivity index (χ0n) is 10.9. The molecule has 1 heterocycles. The first kappa shape index (κ1) is 14.9. The van der Waals surface area contributed by atoms with E-state index >= 15 is 0 Å². The first-order chi connectivity index (χ1) is 8.07. The molecule has 0 aliphatic carbocycles. The molecule has 1 rings (SSSR count). The van der Waals surface area contributed by atoms with Crippen LogP contribution in [0, 0.1) is 0 Å². The van der Waals surface area contributed by atoms with Gasteiger partial charge in [0.2, 0.25) is 10.0 Å². The first-order valence-corrected chi connectivity index (χ1v) is 8.09. The maximum atomic E-state index is 11.2. The highest BCUT2D eigenvalue weighted by atomic mass is 32.2. The van der Waals surface area contributed by atoms with Gasteiger partial charge in [-0.15, -0.1) is 0 Å². The van der Waals surface area contributed by atoms with Crippen molar-refractivity contribution in [1.82, 2.24) is 14.9 Å². The zero-order valence-corrected chi connectivity index (χ0v) is 11.7. The lowest BCUT2D eigenvalue weighted by Crippen LogP contribution is -2.36. The minimum Gasteiger partial charge on any atom is -0.313 e. The van der Waals surface area contributed by atoms with Crippen LogP contribution < -0.4 is 10.0 Å². The van der Waals surface area contributed by atoms with Crippen LogP contribution in [0.4, 0.5) is 0 Å². The number of rotatable bonds is 6. The molecule has 1 fully saturated rings. The largest absolute Gasteiger partial charge is 0.313 e. The summed E-state index contributed by atoms with van der Waals surface area (Å²) in [4.78, 5) is 2.45. The molecule has 1 unspecified atom stereocenters. The third-order valence-electron chi connectivity index (χ3n) is 3.38. The van der Waals surface area contributed by atoms with Gasteiger partial charge in [-0.2, -0.15) is 0 Å². The topological polar surface area (TPSA) is 61.4 Å². The fourth-order valence-electron chi connectivity index (χ4n) is 2.18. The van der Waals surface area contributed by atoms with E-state index in [1.165, 1.54) is 20.0 Å². The van der Waals surface area contributed by atoms with Crippen molar-refractivity contribution in [1.29, 1.82) is 0 Å². The molecule has 0 spiro atoms. The summed E-state index contributed by atoms with van der Waals surface area (Å²) in [6, 6.07) is 0.471. The highest BCUT2D eigenvalue weighted by Gasteiger charge is 2.16. The van der Waals surface area contributed by atoms with Crippen molar-refractivity contribution in [2.24, 2.45) is 0 Å². The zero-order chi connectivity index (χ0) is 12.7. The fourth-order valence-corrected chi connectivity index (χ4v) is 2.77. The molecule has 102 valence electrons. The van der Waals surface area contributed by atoms with Crippen molar-refractivity contribution in [3.8, 4) is 0 Å². The van der Waals surface area contributed by atoms with Gasteiger partial charge in [-0.05, 0) is 45.9 Å². The molecule has 2 N–H and O–H groups in total. The van der Waals surface area contributed by atoms with Gasteiger partial charge < -0.3 is 10.2 Å². The van der Waals surface area contributed by atoms with Gasteiger partial charge in [0.05, 0.1) is 5.75 Å². The Bertz CT molecular complexity index is 306. The number of hydrogen-bond acceptors (Lipinski definition) is 4. The number of nitrogens with one attached hydrogen (secondary N) is 2. The standard InChI is InChI=1S/C11H25N3O2S/c1-3-14-8-4-5-11(6-9-14)13-7-10-17(15,16)12-2/h11-13H,3-10H2,1-2H3. The number of sulfonamides is 1. The third kappa shape index (κ3) is 5.81. The molecule has 0 amide bonds. The number of likely N-dealkylation sites (tertiary alicyclic amines) is 1. The molecular formula is C11H25N3O2S. The maximum Gasteiger partial charge on any atom is 0.212 e. The Balaban J connectivity index is 2.24. The molecule has 5 nitrogen and oxygen atoms in total. The maximum absolute atomic E-state index is 11.2. The number of hydrogen-bond donors (Lipinski definition) is 2. The Morgan fingerprint density at radius 2 is 2.06 bits per heavy atom. The van der Waals surface area contributed by atoms with Gasteiger partial charge >= 0.3 is 0 Å². The summed E-state index contributed by atoms with van der Waals surface area (Å²) in [6.07, 6.45) is 3.47. The Hall–Kier alpha value is -0.170. The average Bonchev–Trinajstić information content (AvgIpc) is 2.54. The normalized spacial score (nSPS) is 23.5. The van der Waals surface area contributed by atoms with Crippen molar-refractivity contribution in [2.75, 3.05) is 39.0 Å².